The predicted octanol–water partition coefficient (Wildman–Crippen LogP) is 5.23. The molecule has 5 nitrogen and oxygen atoms in total. The van der Waals surface area contributed by atoms with Gasteiger partial charge in [0, 0.05) is 6.54 Å². The standard InChI is InChI=1S/C20H17BrFNO4S/c1-3-23-19(24)17(28-20(23)25)10-13-8-15(21)18(16(9-13)26-2)27-11-12-4-6-14(22)7-5-12/h4-10H,3,11H2,1-2H3. The Hall–Kier alpha value is -2.32. The third-order valence-electron chi connectivity index (χ3n) is 4.04. The number of benzene rings is 2. The van der Waals surface area contributed by atoms with E-state index < -0.39 is 0 Å². The molecule has 1 saturated heterocycles. The largest absolute Gasteiger partial charge is 0.493 e. The minimum atomic E-state index is -0.306. The number of halogens is 2. The van der Waals surface area contributed by atoms with Gasteiger partial charge in [0.05, 0.1) is 16.5 Å². The number of likely N-dealkylation sites (N-methyl/N-ethyl adjacent to an activating group) is 1. The summed E-state index contributed by atoms with van der Waals surface area (Å²) in [7, 11) is 1.52. The molecular weight excluding hydrogens is 449 g/mol. The third kappa shape index (κ3) is 4.39. The molecule has 28 heavy (non-hydrogen) atoms. The van der Waals surface area contributed by atoms with Crippen LogP contribution in [0.1, 0.15) is 18.1 Å². The van der Waals surface area contributed by atoms with Crippen molar-refractivity contribution in [3.05, 3.63) is 62.7 Å². The number of ether oxygens (including phenoxy) is 2. The fraction of sp³-hybridized carbons (Fsp3) is 0.200. The topological polar surface area (TPSA) is 55.8 Å². The highest BCUT2D eigenvalue weighted by molar-refractivity contribution is 9.10. The van der Waals surface area contributed by atoms with Crippen LogP contribution >= 0.6 is 27.7 Å². The van der Waals surface area contributed by atoms with E-state index in [0.29, 0.717) is 33.0 Å². The molecule has 2 aromatic carbocycles. The van der Waals surface area contributed by atoms with E-state index in [1.165, 1.54) is 24.1 Å². The van der Waals surface area contributed by atoms with Crippen LogP contribution < -0.4 is 9.47 Å². The summed E-state index contributed by atoms with van der Waals surface area (Å²) in [6.45, 7) is 2.33. The average molecular weight is 466 g/mol. The van der Waals surface area contributed by atoms with E-state index in [1.807, 2.05) is 0 Å². The number of carbonyl (C=O) groups is 2. The summed E-state index contributed by atoms with van der Waals surface area (Å²) in [6, 6.07) is 9.55. The normalized spacial score (nSPS) is 15.4. The highest BCUT2D eigenvalue weighted by atomic mass is 79.9. The van der Waals surface area contributed by atoms with Crippen LogP contribution in [0, 0.1) is 5.82 Å². The Kier molecular flexibility index (Phi) is 6.41. The van der Waals surface area contributed by atoms with Gasteiger partial charge in [-0.05, 0) is 76.1 Å². The Balaban J connectivity index is 1.83. The van der Waals surface area contributed by atoms with Crippen LogP contribution in [0.5, 0.6) is 11.5 Å². The number of thioether (sulfide) groups is 1. The molecule has 0 unspecified atom stereocenters. The van der Waals surface area contributed by atoms with Crippen molar-refractivity contribution in [1.82, 2.24) is 4.90 Å². The molecule has 146 valence electrons. The number of imide groups is 1. The van der Waals surface area contributed by atoms with Gasteiger partial charge in [-0.25, -0.2) is 4.39 Å². The van der Waals surface area contributed by atoms with E-state index in [4.69, 9.17) is 9.47 Å². The van der Waals surface area contributed by atoms with Gasteiger partial charge in [-0.1, -0.05) is 12.1 Å². The van der Waals surface area contributed by atoms with Gasteiger partial charge < -0.3 is 9.47 Å². The molecule has 2 amide bonds. The molecule has 3 rings (SSSR count). The van der Waals surface area contributed by atoms with Gasteiger partial charge in [-0.15, -0.1) is 0 Å². The number of nitrogens with zero attached hydrogens (tertiary/aromatic N) is 1. The first-order valence-electron chi connectivity index (χ1n) is 8.43. The maximum absolute atomic E-state index is 13.0. The maximum atomic E-state index is 13.0. The number of carbonyl (C=O) groups excluding carboxylic acids is 2. The van der Waals surface area contributed by atoms with Gasteiger partial charge >= 0.3 is 0 Å². The first-order chi connectivity index (χ1) is 13.4. The minimum absolute atomic E-state index is 0.240. The highest BCUT2D eigenvalue weighted by Crippen LogP contribution is 2.39. The molecule has 0 radical (unpaired) electrons. The molecule has 1 fully saturated rings. The molecular formula is C20H17BrFNO4S. The minimum Gasteiger partial charge on any atom is -0.493 e. The van der Waals surface area contributed by atoms with Crippen molar-refractivity contribution >= 4 is 44.9 Å². The molecule has 0 atom stereocenters. The molecule has 2 aromatic rings. The van der Waals surface area contributed by atoms with E-state index in [1.54, 1.807) is 37.3 Å². The monoisotopic (exact) mass is 465 g/mol. The summed E-state index contributed by atoms with van der Waals surface area (Å²) in [6.07, 6.45) is 1.65. The number of methoxy groups -OCH3 is 1. The van der Waals surface area contributed by atoms with Gasteiger partial charge in [0.15, 0.2) is 11.5 Å². The molecule has 8 heteroatoms. The van der Waals surface area contributed by atoms with Crippen molar-refractivity contribution in [2.45, 2.75) is 13.5 Å². The molecule has 1 aliphatic rings. The van der Waals surface area contributed by atoms with Crippen LogP contribution in [0.15, 0.2) is 45.8 Å². The van der Waals surface area contributed by atoms with Crippen molar-refractivity contribution < 1.29 is 23.5 Å². The molecule has 0 saturated carbocycles. The molecule has 0 spiro atoms. The van der Waals surface area contributed by atoms with Crippen molar-refractivity contribution in [2.24, 2.45) is 0 Å². The zero-order valence-electron chi connectivity index (χ0n) is 15.2. The summed E-state index contributed by atoms with van der Waals surface area (Å²) < 4.78 is 24.9. The SMILES string of the molecule is CCN1C(=O)SC(=Cc2cc(Br)c(OCc3ccc(F)cc3)c(OC)c2)C1=O. The van der Waals surface area contributed by atoms with E-state index in [9.17, 15) is 14.0 Å². The van der Waals surface area contributed by atoms with Crippen LogP contribution in [-0.4, -0.2) is 29.7 Å². The quantitative estimate of drug-likeness (QED) is 0.546. The summed E-state index contributed by atoms with van der Waals surface area (Å²) in [5, 5.41) is -0.274. The lowest BCUT2D eigenvalue weighted by Crippen LogP contribution is -2.27. The van der Waals surface area contributed by atoms with Crippen molar-refractivity contribution in [1.29, 1.82) is 0 Å². The fourth-order valence-electron chi connectivity index (χ4n) is 2.62. The molecule has 0 bridgehead atoms. The van der Waals surface area contributed by atoms with E-state index in [2.05, 4.69) is 15.9 Å². The second-order valence-corrected chi connectivity index (χ2v) is 7.72. The third-order valence-corrected chi connectivity index (χ3v) is 5.53. The number of hydrogen-bond donors (Lipinski definition) is 0. The summed E-state index contributed by atoms with van der Waals surface area (Å²) in [4.78, 5) is 25.7. The second kappa shape index (κ2) is 8.79. The van der Waals surface area contributed by atoms with Crippen molar-refractivity contribution in [3.8, 4) is 11.5 Å². The Morgan fingerprint density at radius 3 is 2.54 bits per heavy atom. The van der Waals surface area contributed by atoms with Crippen LogP contribution in [0.3, 0.4) is 0 Å². The van der Waals surface area contributed by atoms with Crippen molar-refractivity contribution in [2.75, 3.05) is 13.7 Å². The van der Waals surface area contributed by atoms with Crippen LogP contribution in [0.4, 0.5) is 9.18 Å². The van der Waals surface area contributed by atoms with Crippen LogP contribution in [0.25, 0.3) is 6.08 Å². The number of hydrogen-bond acceptors (Lipinski definition) is 5. The van der Waals surface area contributed by atoms with Gasteiger partial charge in [-0.2, -0.15) is 0 Å². The maximum Gasteiger partial charge on any atom is 0.293 e. The Bertz CT molecular complexity index is 946. The molecule has 0 N–H and O–H groups in total. The molecule has 1 aliphatic heterocycles. The predicted molar refractivity (Wildman–Crippen MR) is 110 cm³/mol. The Morgan fingerprint density at radius 1 is 1.21 bits per heavy atom. The summed E-state index contributed by atoms with van der Waals surface area (Å²) in [5.41, 5.74) is 1.51. The number of rotatable bonds is 6. The average Bonchev–Trinajstić information content (AvgIpc) is 2.94. The van der Waals surface area contributed by atoms with Gasteiger partial charge in [0.1, 0.15) is 12.4 Å². The Labute approximate surface area is 174 Å². The van der Waals surface area contributed by atoms with Gasteiger partial charge in [-0.3, -0.25) is 14.5 Å². The van der Waals surface area contributed by atoms with E-state index >= 15 is 0 Å². The van der Waals surface area contributed by atoms with Crippen LogP contribution in [0.2, 0.25) is 0 Å². The highest BCUT2D eigenvalue weighted by Gasteiger charge is 2.33. The van der Waals surface area contributed by atoms with Crippen molar-refractivity contribution in [3.63, 3.8) is 0 Å². The lowest BCUT2D eigenvalue weighted by Gasteiger charge is -2.14. The second-order valence-electron chi connectivity index (χ2n) is 5.88. The van der Waals surface area contributed by atoms with Crippen LogP contribution in [-0.2, 0) is 11.4 Å². The smallest absolute Gasteiger partial charge is 0.293 e. The Morgan fingerprint density at radius 2 is 1.93 bits per heavy atom. The van der Waals surface area contributed by atoms with E-state index in [-0.39, 0.29) is 23.6 Å². The molecule has 0 aromatic heterocycles. The zero-order valence-corrected chi connectivity index (χ0v) is 17.6. The number of amides is 2. The first kappa shape index (κ1) is 20.4. The lowest BCUT2D eigenvalue weighted by atomic mass is 10.1. The van der Waals surface area contributed by atoms with Gasteiger partial charge in [0.2, 0.25) is 0 Å². The molecule has 0 aliphatic carbocycles. The summed E-state index contributed by atoms with van der Waals surface area (Å²) in [5.74, 6) is 0.353. The fourth-order valence-corrected chi connectivity index (χ4v) is 4.10. The first-order valence-corrected chi connectivity index (χ1v) is 10.0. The van der Waals surface area contributed by atoms with E-state index in [0.717, 1.165) is 17.3 Å². The summed E-state index contributed by atoms with van der Waals surface area (Å²) >= 11 is 4.38. The zero-order chi connectivity index (χ0) is 20.3. The molecule has 1 heterocycles. The lowest BCUT2D eigenvalue weighted by molar-refractivity contribution is -0.122. The van der Waals surface area contributed by atoms with Gasteiger partial charge in [0.25, 0.3) is 11.1 Å².